The van der Waals surface area contributed by atoms with Gasteiger partial charge in [-0.3, -0.25) is 0 Å². The molecule has 0 aliphatic rings. The van der Waals surface area contributed by atoms with Crippen LogP contribution < -0.4 is 42.0 Å². The Morgan fingerprint density at radius 1 is 0.862 bits per heavy atom. The Bertz CT molecular complexity index is 812. The van der Waals surface area contributed by atoms with Gasteiger partial charge in [-0.05, 0) is 75.9 Å². The van der Waals surface area contributed by atoms with Crippen molar-refractivity contribution in [2.45, 2.75) is 41.5 Å². The first kappa shape index (κ1) is 32.8. The van der Waals surface area contributed by atoms with Crippen molar-refractivity contribution >= 4 is 6.09 Å². The van der Waals surface area contributed by atoms with Gasteiger partial charge in [-0.25, -0.2) is 4.79 Å². The zero-order valence-corrected chi connectivity index (χ0v) is 21.4. The molecule has 2 rings (SSSR count). The van der Waals surface area contributed by atoms with Crippen molar-refractivity contribution in [1.82, 2.24) is 4.90 Å². The van der Waals surface area contributed by atoms with Gasteiger partial charge < -0.3 is 52.0 Å². The second-order valence-electron chi connectivity index (χ2n) is 6.32. The SMILES string of the molecule is CCN(CC)C(=O)Oc1ccc(C)c(C)c1-c1c(O)ccc(C)c1C.[Cl-].[Cl-].[Cl-].[Ti+3]. The van der Waals surface area contributed by atoms with Crippen molar-refractivity contribution in [3.05, 3.63) is 46.5 Å². The van der Waals surface area contributed by atoms with Crippen molar-refractivity contribution in [1.29, 1.82) is 0 Å². The van der Waals surface area contributed by atoms with Crippen molar-refractivity contribution in [3.63, 3.8) is 0 Å². The summed E-state index contributed by atoms with van der Waals surface area (Å²) in [5.74, 6) is 0.668. The first-order valence-electron chi connectivity index (χ1n) is 8.68. The Hall–Kier alpha value is -0.906. The van der Waals surface area contributed by atoms with Crippen molar-refractivity contribution < 1.29 is 73.6 Å². The van der Waals surface area contributed by atoms with Crippen LogP contribution in [-0.4, -0.2) is 29.2 Å². The normalized spacial score (nSPS) is 9.17. The third kappa shape index (κ3) is 7.08. The summed E-state index contributed by atoms with van der Waals surface area (Å²) < 4.78 is 5.71. The van der Waals surface area contributed by atoms with E-state index >= 15 is 0 Å². The second kappa shape index (κ2) is 14.2. The molecule has 0 saturated heterocycles. The van der Waals surface area contributed by atoms with Gasteiger partial charge in [-0.15, -0.1) is 0 Å². The number of aromatic hydroxyl groups is 1. The Morgan fingerprint density at radius 2 is 1.31 bits per heavy atom. The number of carbonyl (C=O) groups is 1. The van der Waals surface area contributed by atoms with Crippen LogP contribution in [0.25, 0.3) is 11.1 Å². The van der Waals surface area contributed by atoms with Crippen molar-refractivity contribution in [2.24, 2.45) is 0 Å². The Balaban J connectivity index is -0.00000169. The van der Waals surface area contributed by atoms with E-state index in [1.165, 1.54) is 0 Å². The number of phenolic OH excluding ortho intramolecular Hbond substituents is 1. The van der Waals surface area contributed by atoms with Crippen LogP contribution in [0.2, 0.25) is 0 Å². The molecule has 0 aliphatic carbocycles. The van der Waals surface area contributed by atoms with Gasteiger partial charge in [0, 0.05) is 24.2 Å². The van der Waals surface area contributed by atoms with E-state index in [1.54, 1.807) is 17.0 Å². The van der Waals surface area contributed by atoms with Gasteiger partial charge in [0.05, 0.1) is 0 Å². The summed E-state index contributed by atoms with van der Waals surface area (Å²) >= 11 is 0. The molecule has 0 fully saturated rings. The Morgan fingerprint density at radius 3 is 1.79 bits per heavy atom. The van der Waals surface area contributed by atoms with Crippen molar-refractivity contribution in [2.75, 3.05) is 13.1 Å². The summed E-state index contributed by atoms with van der Waals surface area (Å²) in [5.41, 5.74) is 5.64. The summed E-state index contributed by atoms with van der Waals surface area (Å²) in [6.07, 6.45) is -0.376. The minimum Gasteiger partial charge on any atom is -1.00 e. The predicted molar refractivity (Wildman–Crippen MR) is 101 cm³/mol. The molecule has 159 valence electrons. The van der Waals surface area contributed by atoms with E-state index in [0.717, 1.165) is 33.4 Å². The molecular formula is C21H27Cl3NO3Ti. The predicted octanol–water partition coefficient (Wildman–Crippen LogP) is -3.86. The van der Waals surface area contributed by atoms with Gasteiger partial charge in [-0.2, -0.15) is 0 Å². The topological polar surface area (TPSA) is 49.8 Å². The summed E-state index contributed by atoms with van der Waals surface area (Å²) in [4.78, 5) is 14.1. The molecule has 1 amide bonds. The fourth-order valence-corrected chi connectivity index (χ4v) is 2.94. The maximum atomic E-state index is 12.4. The molecule has 2 aromatic carbocycles. The van der Waals surface area contributed by atoms with Gasteiger partial charge in [0.1, 0.15) is 11.5 Å². The smallest absolute Gasteiger partial charge is 1.00 e. The van der Waals surface area contributed by atoms with E-state index in [1.807, 2.05) is 53.7 Å². The van der Waals surface area contributed by atoms with Crippen LogP contribution in [0.3, 0.4) is 0 Å². The van der Waals surface area contributed by atoms with Crippen molar-refractivity contribution in [3.8, 4) is 22.6 Å². The molecule has 0 aromatic heterocycles. The number of rotatable bonds is 4. The number of nitrogens with zero attached hydrogens (tertiary/aromatic N) is 1. The monoisotopic (exact) mass is 494 g/mol. The van der Waals surface area contributed by atoms with E-state index in [0.29, 0.717) is 18.8 Å². The summed E-state index contributed by atoms with van der Waals surface area (Å²) in [6, 6.07) is 7.32. The van der Waals surface area contributed by atoms with Crippen LogP contribution in [-0.2, 0) is 21.7 Å². The first-order chi connectivity index (χ1) is 11.8. The number of hydrogen-bond acceptors (Lipinski definition) is 3. The molecule has 29 heavy (non-hydrogen) atoms. The number of amides is 1. The molecule has 0 spiro atoms. The van der Waals surface area contributed by atoms with Crippen LogP contribution in [0.1, 0.15) is 36.1 Å². The van der Waals surface area contributed by atoms with Crippen LogP contribution in [0.5, 0.6) is 11.5 Å². The molecule has 0 heterocycles. The van der Waals surface area contributed by atoms with Gasteiger partial charge in [0.15, 0.2) is 0 Å². The van der Waals surface area contributed by atoms with Gasteiger partial charge in [0.25, 0.3) is 0 Å². The Kier molecular flexibility index (Phi) is 16.0. The number of halogens is 3. The quantitative estimate of drug-likeness (QED) is 0.442. The number of aryl methyl sites for hydroxylation is 2. The third-order valence-electron chi connectivity index (χ3n) is 4.88. The average Bonchev–Trinajstić information content (AvgIpc) is 2.58. The molecular weight excluding hydrogens is 468 g/mol. The molecule has 0 aliphatic heterocycles. The van der Waals surface area contributed by atoms with E-state index in [2.05, 4.69) is 0 Å². The largest absolute Gasteiger partial charge is 3.00 e. The van der Waals surface area contributed by atoms with Gasteiger partial charge >= 0.3 is 27.8 Å². The van der Waals surface area contributed by atoms with Gasteiger partial charge in [0.2, 0.25) is 0 Å². The maximum Gasteiger partial charge on any atom is 3.00 e. The zero-order valence-electron chi connectivity index (χ0n) is 17.6. The molecule has 1 radical (unpaired) electrons. The number of ether oxygens (including phenoxy) is 1. The van der Waals surface area contributed by atoms with Crippen LogP contribution >= 0.6 is 0 Å². The number of benzene rings is 2. The minimum atomic E-state index is -0.376. The Labute approximate surface area is 207 Å². The van der Waals surface area contributed by atoms with E-state index in [-0.39, 0.29) is 70.8 Å². The molecule has 2 aromatic rings. The standard InChI is InChI=1S/C21H27NO3.3ClH.Ti/c1-7-22(8-2)21(24)25-18-12-10-14(4)16(6)20(18)19-15(5)13(3)9-11-17(19)23;;;;/h9-12,23H,7-8H2,1-6H3;3*1H;/q;;;;+3/p-3. The second-order valence-corrected chi connectivity index (χ2v) is 6.32. The molecule has 0 atom stereocenters. The molecule has 1 N–H and O–H groups in total. The minimum absolute atomic E-state index is 0. The van der Waals surface area contributed by atoms with Crippen LogP contribution in [0.15, 0.2) is 24.3 Å². The van der Waals surface area contributed by atoms with E-state index < -0.39 is 0 Å². The van der Waals surface area contributed by atoms with E-state index in [4.69, 9.17) is 4.74 Å². The van der Waals surface area contributed by atoms with Crippen LogP contribution in [0.4, 0.5) is 4.79 Å². The number of phenols is 1. The fourth-order valence-electron chi connectivity index (χ4n) is 2.94. The molecule has 0 saturated carbocycles. The van der Waals surface area contributed by atoms with Gasteiger partial charge in [-0.1, -0.05) is 12.1 Å². The molecule has 0 unspecified atom stereocenters. The zero-order chi connectivity index (χ0) is 18.7. The average molecular weight is 496 g/mol. The summed E-state index contributed by atoms with van der Waals surface area (Å²) in [5, 5.41) is 10.5. The number of hydrogen-bond donors (Lipinski definition) is 1. The summed E-state index contributed by atoms with van der Waals surface area (Å²) in [6.45, 7) is 13.0. The molecule has 0 bridgehead atoms. The first-order valence-corrected chi connectivity index (χ1v) is 8.68. The third-order valence-corrected chi connectivity index (χ3v) is 4.88. The van der Waals surface area contributed by atoms with Crippen LogP contribution in [0, 0.1) is 27.7 Å². The molecule has 4 nitrogen and oxygen atoms in total. The van der Waals surface area contributed by atoms with E-state index in [9.17, 15) is 9.90 Å². The molecule has 8 heteroatoms. The summed E-state index contributed by atoms with van der Waals surface area (Å²) in [7, 11) is 0. The maximum absolute atomic E-state index is 12.4. The fraction of sp³-hybridized carbons (Fsp3) is 0.381. The number of carbonyl (C=O) groups excluding carboxylic acids is 1.